The van der Waals surface area contributed by atoms with Gasteiger partial charge in [0.25, 0.3) is 5.91 Å². The maximum atomic E-state index is 12.0. The van der Waals surface area contributed by atoms with E-state index in [2.05, 4.69) is 5.32 Å². The SMILES string of the molecule is Cc1csc(C(=O)NCc2ccc(C(O)c3cccs3)s2)c1. The smallest absolute Gasteiger partial charge is 0.261 e. The molecule has 0 fully saturated rings. The van der Waals surface area contributed by atoms with E-state index in [1.165, 1.54) is 22.7 Å². The number of nitrogens with one attached hydrogen (secondary N) is 1. The molecule has 1 atom stereocenters. The van der Waals surface area contributed by atoms with E-state index in [1.807, 2.05) is 48.0 Å². The van der Waals surface area contributed by atoms with Gasteiger partial charge in [-0.1, -0.05) is 6.07 Å². The predicted octanol–water partition coefficient (Wildman–Crippen LogP) is 4.19. The Morgan fingerprint density at radius 2 is 2.14 bits per heavy atom. The zero-order valence-electron chi connectivity index (χ0n) is 11.9. The van der Waals surface area contributed by atoms with Crippen molar-refractivity contribution in [2.45, 2.75) is 19.6 Å². The Hall–Kier alpha value is -1.47. The molecule has 3 heterocycles. The van der Waals surface area contributed by atoms with E-state index in [-0.39, 0.29) is 5.91 Å². The maximum absolute atomic E-state index is 12.0. The van der Waals surface area contributed by atoms with Crippen molar-refractivity contribution in [1.82, 2.24) is 5.32 Å². The minimum Gasteiger partial charge on any atom is -0.382 e. The molecule has 1 amide bonds. The second kappa shape index (κ2) is 6.75. The van der Waals surface area contributed by atoms with Crippen LogP contribution in [0.2, 0.25) is 0 Å². The van der Waals surface area contributed by atoms with E-state index in [1.54, 1.807) is 11.3 Å². The minimum absolute atomic E-state index is 0.0492. The summed E-state index contributed by atoms with van der Waals surface area (Å²) in [5, 5.41) is 17.1. The van der Waals surface area contributed by atoms with Crippen LogP contribution in [0, 0.1) is 6.92 Å². The zero-order valence-corrected chi connectivity index (χ0v) is 14.4. The fourth-order valence-electron chi connectivity index (χ4n) is 2.03. The van der Waals surface area contributed by atoms with Gasteiger partial charge in [-0.25, -0.2) is 0 Å². The predicted molar refractivity (Wildman–Crippen MR) is 92.9 cm³/mol. The first-order valence-corrected chi connectivity index (χ1v) is 9.34. The Bertz CT molecular complexity index is 758. The molecule has 0 aliphatic rings. The summed E-state index contributed by atoms with van der Waals surface area (Å²) < 4.78 is 0. The summed E-state index contributed by atoms with van der Waals surface area (Å²) in [5.41, 5.74) is 1.10. The molecule has 0 radical (unpaired) electrons. The summed E-state index contributed by atoms with van der Waals surface area (Å²) >= 11 is 4.52. The number of rotatable bonds is 5. The van der Waals surface area contributed by atoms with Crippen molar-refractivity contribution in [3.8, 4) is 0 Å². The molecular weight excluding hydrogens is 334 g/mol. The number of aliphatic hydroxyl groups is 1. The Labute approximate surface area is 140 Å². The summed E-state index contributed by atoms with van der Waals surface area (Å²) in [7, 11) is 0. The second-order valence-electron chi connectivity index (χ2n) is 4.89. The molecule has 0 bridgehead atoms. The molecule has 3 nitrogen and oxygen atoms in total. The van der Waals surface area contributed by atoms with Crippen molar-refractivity contribution < 1.29 is 9.90 Å². The number of carbonyl (C=O) groups is 1. The molecule has 3 aromatic heterocycles. The van der Waals surface area contributed by atoms with Crippen molar-refractivity contribution in [1.29, 1.82) is 0 Å². The Kier molecular flexibility index (Phi) is 4.73. The molecule has 1 unspecified atom stereocenters. The van der Waals surface area contributed by atoms with Crippen molar-refractivity contribution in [3.05, 3.63) is 66.2 Å². The van der Waals surface area contributed by atoms with Crippen LogP contribution >= 0.6 is 34.0 Å². The van der Waals surface area contributed by atoms with Crippen LogP contribution in [0.5, 0.6) is 0 Å². The third kappa shape index (κ3) is 3.47. The molecule has 0 aliphatic heterocycles. The lowest BCUT2D eigenvalue weighted by molar-refractivity contribution is 0.0955. The Morgan fingerprint density at radius 1 is 1.27 bits per heavy atom. The van der Waals surface area contributed by atoms with Crippen LogP contribution in [-0.4, -0.2) is 11.0 Å². The van der Waals surface area contributed by atoms with Crippen molar-refractivity contribution in [3.63, 3.8) is 0 Å². The van der Waals surface area contributed by atoms with Gasteiger partial charge >= 0.3 is 0 Å². The summed E-state index contributed by atoms with van der Waals surface area (Å²) in [6, 6.07) is 9.62. The van der Waals surface area contributed by atoms with Gasteiger partial charge in [-0.3, -0.25) is 4.79 Å². The number of hydrogen-bond donors (Lipinski definition) is 2. The van der Waals surface area contributed by atoms with Crippen LogP contribution in [0.15, 0.2) is 41.1 Å². The molecule has 3 aromatic rings. The Morgan fingerprint density at radius 3 is 2.82 bits per heavy atom. The second-order valence-corrected chi connectivity index (χ2v) is 7.98. The van der Waals surface area contributed by atoms with Crippen LogP contribution in [0.3, 0.4) is 0 Å². The maximum Gasteiger partial charge on any atom is 0.261 e. The van der Waals surface area contributed by atoms with Crippen molar-refractivity contribution >= 4 is 39.9 Å². The first-order valence-electron chi connectivity index (χ1n) is 6.77. The van der Waals surface area contributed by atoms with Gasteiger partial charge in [0, 0.05) is 14.6 Å². The van der Waals surface area contributed by atoms with Gasteiger partial charge in [-0.2, -0.15) is 0 Å². The standard InChI is InChI=1S/C16H15NO2S3/c1-10-7-14(21-9-10)16(19)17-8-11-4-5-13(22-11)15(18)12-3-2-6-20-12/h2-7,9,15,18H,8H2,1H3,(H,17,19). The van der Waals surface area contributed by atoms with Crippen molar-refractivity contribution in [2.75, 3.05) is 0 Å². The number of aliphatic hydroxyl groups excluding tert-OH is 1. The van der Waals surface area contributed by atoms with Crippen LogP contribution < -0.4 is 5.32 Å². The molecule has 3 rings (SSSR count). The van der Waals surface area contributed by atoms with Gasteiger partial charge in [0.05, 0.1) is 11.4 Å². The first kappa shape index (κ1) is 15.4. The molecule has 0 spiro atoms. The largest absolute Gasteiger partial charge is 0.382 e. The zero-order chi connectivity index (χ0) is 15.5. The van der Waals surface area contributed by atoms with Crippen LogP contribution in [-0.2, 0) is 6.54 Å². The third-order valence-electron chi connectivity index (χ3n) is 3.14. The van der Waals surface area contributed by atoms with Crippen molar-refractivity contribution in [2.24, 2.45) is 0 Å². The average molecular weight is 350 g/mol. The topological polar surface area (TPSA) is 49.3 Å². The van der Waals surface area contributed by atoms with Gasteiger partial charge in [0.2, 0.25) is 0 Å². The quantitative estimate of drug-likeness (QED) is 0.725. The number of amides is 1. The highest BCUT2D eigenvalue weighted by Crippen LogP contribution is 2.30. The number of thiophene rings is 3. The molecular formula is C16H15NO2S3. The molecule has 114 valence electrons. The van der Waals surface area contributed by atoms with E-state index in [0.29, 0.717) is 6.54 Å². The van der Waals surface area contributed by atoms with E-state index in [0.717, 1.165) is 25.1 Å². The molecule has 6 heteroatoms. The summed E-state index contributed by atoms with van der Waals surface area (Å²) in [4.78, 5) is 15.6. The highest BCUT2D eigenvalue weighted by atomic mass is 32.1. The van der Waals surface area contributed by atoms with Gasteiger partial charge < -0.3 is 10.4 Å². The van der Waals surface area contributed by atoms with Gasteiger partial charge in [0.1, 0.15) is 6.10 Å². The fraction of sp³-hybridized carbons (Fsp3) is 0.188. The van der Waals surface area contributed by atoms with E-state index >= 15 is 0 Å². The highest BCUT2D eigenvalue weighted by Gasteiger charge is 2.14. The summed E-state index contributed by atoms with van der Waals surface area (Å²) in [6.45, 7) is 2.46. The lowest BCUT2D eigenvalue weighted by Crippen LogP contribution is -2.21. The normalized spacial score (nSPS) is 12.3. The third-order valence-corrected chi connectivity index (χ3v) is 6.25. The van der Waals surface area contributed by atoms with Crippen LogP contribution in [0.1, 0.15) is 36.0 Å². The number of carbonyl (C=O) groups excluding carboxylic acids is 1. The lowest BCUT2D eigenvalue weighted by atomic mass is 10.2. The molecule has 0 saturated heterocycles. The lowest BCUT2D eigenvalue weighted by Gasteiger charge is -2.05. The minimum atomic E-state index is -0.575. The van der Waals surface area contributed by atoms with E-state index in [4.69, 9.17) is 0 Å². The van der Waals surface area contributed by atoms with E-state index in [9.17, 15) is 9.90 Å². The molecule has 2 N–H and O–H groups in total. The molecule has 0 saturated carbocycles. The van der Waals surface area contributed by atoms with Gasteiger partial charge in [0.15, 0.2) is 0 Å². The van der Waals surface area contributed by atoms with Gasteiger partial charge in [-0.05, 0) is 47.5 Å². The first-order chi connectivity index (χ1) is 10.6. The number of hydrogen-bond acceptors (Lipinski definition) is 5. The highest BCUT2D eigenvalue weighted by molar-refractivity contribution is 7.13. The summed E-state index contributed by atoms with van der Waals surface area (Å²) in [5.74, 6) is -0.0492. The van der Waals surface area contributed by atoms with Crippen LogP contribution in [0.25, 0.3) is 0 Å². The van der Waals surface area contributed by atoms with Gasteiger partial charge in [-0.15, -0.1) is 34.0 Å². The average Bonchev–Trinajstić information content (AvgIpc) is 3.25. The molecule has 0 aromatic carbocycles. The number of aryl methyl sites for hydroxylation is 1. The molecule has 22 heavy (non-hydrogen) atoms. The summed E-state index contributed by atoms with van der Waals surface area (Å²) in [6.07, 6.45) is -0.575. The Balaban J connectivity index is 1.61. The van der Waals surface area contributed by atoms with E-state index < -0.39 is 6.10 Å². The van der Waals surface area contributed by atoms with Crippen LogP contribution in [0.4, 0.5) is 0 Å². The fourth-order valence-corrected chi connectivity index (χ4v) is 4.60. The molecule has 0 aliphatic carbocycles. The monoisotopic (exact) mass is 349 g/mol.